The highest BCUT2D eigenvalue weighted by Crippen LogP contribution is 2.43. The van der Waals surface area contributed by atoms with Crippen molar-refractivity contribution in [1.82, 2.24) is 4.90 Å². The lowest BCUT2D eigenvalue weighted by Crippen LogP contribution is -2.49. The maximum atomic E-state index is 12.5. The van der Waals surface area contributed by atoms with Crippen LogP contribution in [0.2, 0.25) is 0 Å². The molecule has 0 N–H and O–H groups in total. The van der Waals surface area contributed by atoms with Crippen LogP contribution in [0.3, 0.4) is 0 Å². The van der Waals surface area contributed by atoms with E-state index in [1.54, 1.807) is 7.11 Å². The molecule has 2 aliphatic rings. The Kier molecular flexibility index (Phi) is 4.27. The van der Waals surface area contributed by atoms with Crippen LogP contribution in [0.5, 0.6) is 11.5 Å². The van der Waals surface area contributed by atoms with Crippen LogP contribution < -0.4 is 9.47 Å². The van der Waals surface area contributed by atoms with Crippen LogP contribution in [0.1, 0.15) is 33.1 Å². The molecule has 22 heavy (non-hydrogen) atoms. The van der Waals surface area contributed by atoms with Crippen molar-refractivity contribution in [2.75, 3.05) is 13.7 Å². The Morgan fingerprint density at radius 1 is 1.23 bits per heavy atom. The molecule has 0 radical (unpaired) electrons. The number of fused-ring (bicyclic) bond motifs is 2. The van der Waals surface area contributed by atoms with Crippen LogP contribution in [0, 0.1) is 11.8 Å². The SMILES string of the molecule is COc1ccc(OC[C@@H]2C3CCC(C3)N2C(=O)C(C)C)cc1. The summed E-state index contributed by atoms with van der Waals surface area (Å²) in [6.45, 7) is 4.55. The van der Waals surface area contributed by atoms with Gasteiger partial charge in [0.2, 0.25) is 5.91 Å². The van der Waals surface area contributed by atoms with Gasteiger partial charge in [0.1, 0.15) is 18.1 Å². The lowest BCUT2D eigenvalue weighted by atomic mass is 9.98. The Labute approximate surface area is 132 Å². The number of ether oxygens (including phenoxy) is 2. The van der Waals surface area contributed by atoms with Crippen LogP contribution in [0.25, 0.3) is 0 Å². The van der Waals surface area contributed by atoms with Gasteiger partial charge in [0, 0.05) is 12.0 Å². The molecule has 1 aromatic rings. The second kappa shape index (κ2) is 6.19. The van der Waals surface area contributed by atoms with Crippen LogP contribution in [-0.4, -0.2) is 36.6 Å². The summed E-state index contributed by atoms with van der Waals surface area (Å²) >= 11 is 0. The molecule has 1 aliphatic heterocycles. The second-order valence-corrected chi connectivity index (χ2v) is 6.68. The van der Waals surface area contributed by atoms with Crippen LogP contribution in [0.4, 0.5) is 0 Å². The largest absolute Gasteiger partial charge is 0.497 e. The quantitative estimate of drug-likeness (QED) is 0.839. The molecule has 3 atom stereocenters. The number of rotatable bonds is 5. The Morgan fingerprint density at radius 3 is 2.55 bits per heavy atom. The number of hydrogen-bond acceptors (Lipinski definition) is 3. The first-order valence-corrected chi connectivity index (χ1v) is 8.19. The molecule has 3 rings (SSSR count). The van der Waals surface area contributed by atoms with E-state index >= 15 is 0 Å². The molecule has 1 aromatic carbocycles. The van der Waals surface area contributed by atoms with Crippen molar-refractivity contribution >= 4 is 5.91 Å². The lowest BCUT2D eigenvalue weighted by molar-refractivity contribution is -0.139. The van der Waals surface area contributed by atoms with E-state index < -0.39 is 0 Å². The van der Waals surface area contributed by atoms with Gasteiger partial charge in [-0.25, -0.2) is 0 Å². The van der Waals surface area contributed by atoms with Gasteiger partial charge >= 0.3 is 0 Å². The molecule has 1 saturated heterocycles. The zero-order valence-corrected chi connectivity index (χ0v) is 13.6. The highest BCUT2D eigenvalue weighted by atomic mass is 16.5. The van der Waals surface area contributed by atoms with Crippen LogP contribution >= 0.6 is 0 Å². The number of carbonyl (C=O) groups excluding carboxylic acids is 1. The minimum atomic E-state index is 0.0582. The normalized spacial score (nSPS) is 26.5. The molecule has 1 saturated carbocycles. The molecule has 1 heterocycles. The maximum Gasteiger partial charge on any atom is 0.225 e. The summed E-state index contributed by atoms with van der Waals surface area (Å²) in [7, 11) is 1.65. The Balaban J connectivity index is 1.66. The summed E-state index contributed by atoms with van der Waals surface area (Å²) in [5.41, 5.74) is 0. The number of methoxy groups -OCH3 is 1. The van der Waals surface area contributed by atoms with Crippen molar-refractivity contribution in [3.8, 4) is 11.5 Å². The van der Waals surface area contributed by atoms with Gasteiger partial charge in [0.05, 0.1) is 13.2 Å². The van der Waals surface area contributed by atoms with Gasteiger partial charge in [-0.05, 0) is 49.4 Å². The summed E-state index contributed by atoms with van der Waals surface area (Å²) in [5.74, 6) is 2.59. The molecular weight excluding hydrogens is 278 g/mol. The molecular formula is C18H25NO3. The van der Waals surface area contributed by atoms with Gasteiger partial charge in [-0.3, -0.25) is 4.79 Å². The van der Waals surface area contributed by atoms with Gasteiger partial charge in [-0.2, -0.15) is 0 Å². The van der Waals surface area contributed by atoms with Crippen LogP contribution in [-0.2, 0) is 4.79 Å². The predicted molar refractivity (Wildman–Crippen MR) is 85.1 cm³/mol. The zero-order chi connectivity index (χ0) is 15.7. The summed E-state index contributed by atoms with van der Waals surface area (Å²) < 4.78 is 11.1. The van der Waals surface area contributed by atoms with E-state index in [1.807, 2.05) is 38.1 Å². The minimum absolute atomic E-state index is 0.0582. The molecule has 2 fully saturated rings. The van der Waals surface area contributed by atoms with E-state index in [9.17, 15) is 4.79 Å². The number of likely N-dealkylation sites (tertiary alicyclic amines) is 1. The van der Waals surface area contributed by atoms with Crippen molar-refractivity contribution in [2.24, 2.45) is 11.8 Å². The molecule has 0 spiro atoms. The van der Waals surface area contributed by atoms with E-state index in [0.717, 1.165) is 24.3 Å². The van der Waals surface area contributed by atoms with E-state index in [-0.39, 0.29) is 17.9 Å². The maximum absolute atomic E-state index is 12.5. The van der Waals surface area contributed by atoms with E-state index in [0.29, 0.717) is 18.6 Å². The zero-order valence-electron chi connectivity index (χ0n) is 13.6. The van der Waals surface area contributed by atoms with Crippen molar-refractivity contribution in [3.63, 3.8) is 0 Å². The molecule has 4 nitrogen and oxygen atoms in total. The first-order chi connectivity index (χ1) is 10.6. The molecule has 2 unspecified atom stereocenters. The van der Waals surface area contributed by atoms with E-state index in [1.165, 1.54) is 6.42 Å². The number of benzene rings is 1. The molecule has 0 aromatic heterocycles. The van der Waals surface area contributed by atoms with Gasteiger partial charge < -0.3 is 14.4 Å². The summed E-state index contributed by atoms with van der Waals surface area (Å²) in [6.07, 6.45) is 3.53. The summed E-state index contributed by atoms with van der Waals surface area (Å²) in [6, 6.07) is 8.29. The Morgan fingerprint density at radius 2 is 1.91 bits per heavy atom. The minimum Gasteiger partial charge on any atom is -0.497 e. The lowest BCUT2D eigenvalue weighted by Gasteiger charge is -2.36. The molecule has 1 aliphatic carbocycles. The highest BCUT2D eigenvalue weighted by molar-refractivity contribution is 5.79. The Bertz CT molecular complexity index is 526. The summed E-state index contributed by atoms with van der Waals surface area (Å²) in [5, 5.41) is 0. The molecule has 4 heteroatoms. The fourth-order valence-corrected chi connectivity index (χ4v) is 3.80. The average Bonchev–Trinajstić information content (AvgIpc) is 3.13. The predicted octanol–water partition coefficient (Wildman–Crippen LogP) is 3.11. The number of hydrogen-bond donors (Lipinski definition) is 0. The average molecular weight is 303 g/mol. The third-order valence-electron chi connectivity index (χ3n) is 4.97. The third kappa shape index (κ3) is 2.79. The molecule has 1 amide bonds. The van der Waals surface area contributed by atoms with E-state index in [2.05, 4.69) is 4.90 Å². The first-order valence-electron chi connectivity index (χ1n) is 8.19. The fraction of sp³-hybridized carbons (Fsp3) is 0.611. The monoisotopic (exact) mass is 303 g/mol. The van der Waals surface area contributed by atoms with Gasteiger partial charge in [0.15, 0.2) is 0 Å². The first kappa shape index (κ1) is 15.2. The summed E-state index contributed by atoms with van der Waals surface area (Å²) in [4.78, 5) is 14.6. The fourth-order valence-electron chi connectivity index (χ4n) is 3.80. The van der Waals surface area contributed by atoms with Crippen LogP contribution in [0.15, 0.2) is 24.3 Å². The highest BCUT2D eigenvalue weighted by Gasteiger charge is 2.48. The van der Waals surface area contributed by atoms with Crippen molar-refractivity contribution in [1.29, 1.82) is 0 Å². The van der Waals surface area contributed by atoms with Crippen molar-refractivity contribution < 1.29 is 14.3 Å². The number of carbonyl (C=O) groups is 1. The molecule has 2 bridgehead atoms. The van der Waals surface area contributed by atoms with Crippen molar-refractivity contribution in [3.05, 3.63) is 24.3 Å². The van der Waals surface area contributed by atoms with Gasteiger partial charge in [0.25, 0.3) is 0 Å². The van der Waals surface area contributed by atoms with Crippen molar-refractivity contribution in [2.45, 2.75) is 45.2 Å². The van der Waals surface area contributed by atoms with Gasteiger partial charge in [-0.1, -0.05) is 13.8 Å². The topological polar surface area (TPSA) is 38.8 Å². The number of amides is 1. The second-order valence-electron chi connectivity index (χ2n) is 6.68. The van der Waals surface area contributed by atoms with E-state index in [4.69, 9.17) is 9.47 Å². The number of nitrogens with zero attached hydrogens (tertiary/aromatic N) is 1. The third-order valence-corrected chi connectivity index (χ3v) is 4.97. The standard InChI is InChI=1S/C18H25NO3/c1-12(2)18(20)19-14-5-4-13(10-14)17(19)11-22-16-8-6-15(21-3)7-9-16/h6-9,12-14,17H,4-5,10-11H2,1-3H3/t13?,14?,17-/m1/s1. The Hall–Kier alpha value is -1.71. The van der Waals surface area contributed by atoms with Gasteiger partial charge in [-0.15, -0.1) is 0 Å². The molecule has 120 valence electrons. The number of piperidine rings is 1. The smallest absolute Gasteiger partial charge is 0.225 e.